The molecule has 150 valence electrons. The molecular formula is C16H26O10. The monoisotopic (exact) mass is 378 g/mol. The molecule has 10 nitrogen and oxygen atoms in total. The molecule has 0 aromatic carbocycles. The maximum absolute atomic E-state index is 12.0. The molecule has 0 aliphatic rings. The van der Waals surface area contributed by atoms with Crippen LogP contribution in [0.5, 0.6) is 0 Å². The van der Waals surface area contributed by atoms with Gasteiger partial charge in [0.15, 0.2) is 0 Å². The minimum Gasteiger partial charge on any atom is -0.481 e. The van der Waals surface area contributed by atoms with Crippen molar-refractivity contribution in [3.05, 3.63) is 0 Å². The second kappa shape index (κ2) is 11.2. The van der Waals surface area contributed by atoms with Gasteiger partial charge in [-0.25, -0.2) is 9.59 Å². The van der Waals surface area contributed by atoms with E-state index in [-0.39, 0.29) is 32.5 Å². The van der Waals surface area contributed by atoms with E-state index in [4.69, 9.17) is 14.6 Å². The Morgan fingerprint density at radius 1 is 0.885 bits per heavy atom. The van der Waals surface area contributed by atoms with Crippen LogP contribution in [0.25, 0.3) is 0 Å². The molecule has 0 radical (unpaired) electrons. The highest BCUT2D eigenvalue weighted by molar-refractivity contribution is 5.77. The molecule has 0 saturated carbocycles. The van der Waals surface area contributed by atoms with Gasteiger partial charge < -0.3 is 29.2 Å². The normalized spacial score (nSPS) is 15.1. The number of carbonyl (C=O) groups is 4. The van der Waals surface area contributed by atoms with Gasteiger partial charge in [-0.05, 0) is 40.5 Å². The van der Waals surface area contributed by atoms with Crippen molar-refractivity contribution in [2.24, 2.45) is 5.41 Å². The molecule has 0 fully saturated rings. The van der Waals surface area contributed by atoms with E-state index in [9.17, 15) is 24.3 Å². The molecule has 0 aliphatic heterocycles. The summed E-state index contributed by atoms with van der Waals surface area (Å²) in [5.74, 6) is -2.52. The van der Waals surface area contributed by atoms with Crippen molar-refractivity contribution >= 4 is 24.2 Å². The fourth-order valence-corrected chi connectivity index (χ4v) is 2.53. The third-order valence-electron chi connectivity index (χ3n) is 3.90. The molecule has 2 N–H and O–H groups in total. The summed E-state index contributed by atoms with van der Waals surface area (Å²) in [6.07, 6.45) is -5.23. The molecule has 2 unspecified atom stereocenters. The fourth-order valence-electron chi connectivity index (χ4n) is 2.53. The van der Waals surface area contributed by atoms with E-state index in [1.807, 2.05) is 0 Å². The van der Waals surface area contributed by atoms with Crippen LogP contribution in [-0.4, -0.2) is 59.9 Å². The number of carboxylic acid groups (broad SMARTS) is 2. The predicted molar refractivity (Wildman–Crippen MR) is 86.7 cm³/mol. The van der Waals surface area contributed by atoms with E-state index in [1.165, 1.54) is 13.8 Å². The maximum atomic E-state index is 12.0. The smallest absolute Gasteiger partial charge is 0.481 e. The van der Waals surface area contributed by atoms with Gasteiger partial charge in [-0.3, -0.25) is 9.59 Å². The average molecular weight is 378 g/mol. The number of carboxylic acids is 2. The molecule has 0 rings (SSSR count). The first kappa shape index (κ1) is 23.5. The van der Waals surface area contributed by atoms with Gasteiger partial charge >= 0.3 is 24.2 Å². The van der Waals surface area contributed by atoms with E-state index in [0.717, 1.165) is 0 Å². The van der Waals surface area contributed by atoms with Crippen molar-refractivity contribution in [3.8, 4) is 0 Å². The summed E-state index contributed by atoms with van der Waals surface area (Å²) in [6.45, 7) is 5.79. The molecule has 2 atom stereocenters. The van der Waals surface area contributed by atoms with E-state index < -0.39 is 41.9 Å². The lowest BCUT2D eigenvalue weighted by Gasteiger charge is -2.38. The SMILES string of the molecule is CCOC(=O)OC(C)C(CCCC(=O)O)(C(=O)O)C(C)OC(=O)OCC. The fraction of sp³-hybridized carbons (Fsp3) is 0.750. The van der Waals surface area contributed by atoms with Crippen molar-refractivity contribution in [2.45, 2.75) is 59.2 Å². The highest BCUT2D eigenvalue weighted by atomic mass is 16.7. The van der Waals surface area contributed by atoms with Gasteiger partial charge in [0.1, 0.15) is 17.6 Å². The number of hydrogen-bond acceptors (Lipinski definition) is 8. The van der Waals surface area contributed by atoms with Crippen LogP contribution in [0.2, 0.25) is 0 Å². The van der Waals surface area contributed by atoms with Gasteiger partial charge in [-0.15, -0.1) is 0 Å². The molecule has 26 heavy (non-hydrogen) atoms. The average Bonchev–Trinajstić information content (AvgIpc) is 2.50. The predicted octanol–water partition coefficient (Wildman–Crippen LogP) is 2.44. The molecule has 0 aromatic heterocycles. The molecule has 0 heterocycles. The van der Waals surface area contributed by atoms with E-state index >= 15 is 0 Å². The van der Waals surface area contributed by atoms with Gasteiger partial charge in [-0.1, -0.05) is 0 Å². The highest BCUT2D eigenvalue weighted by Crippen LogP contribution is 2.37. The summed E-state index contributed by atoms with van der Waals surface area (Å²) in [5, 5.41) is 18.6. The summed E-state index contributed by atoms with van der Waals surface area (Å²) < 4.78 is 19.3. The minimum absolute atomic E-state index is 0.0273. The second-order valence-corrected chi connectivity index (χ2v) is 5.48. The molecule has 0 amide bonds. The Morgan fingerprint density at radius 2 is 1.31 bits per heavy atom. The van der Waals surface area contributed by atoms with Crippen molar-refractivity contribution in [2.75, 3.05) is 13.2 Å². The summed E-state index contributed by atoms with van der Waals surface area (Å²) in [6, 6.07) is 0. The van der Waals surface area contributed by atoms with Crippen molar-refractivity contribution in [1.82, 2.24) is 0 Å². The summed E-state index contributed by atoms with van der Waals surface area (Å²) in [5.41, 5.74) is -1.88. The molecule has 0 saturated heterocycles. The Hall–Kier alpha value is -2.52. The number of ether oxygens (including phenoxy) is 4. The molecule has 10 heteroatoms. The number of hydrogen-bond donors (Lipinski definition) is 2. The van der Waals surface area contributed by atoms with Crippen LogP contribution in [0.3, 0.4) is 0 Å². The van der Waals surface area contributed by atoms with Crippen LogP contribution < -0.4 is 0 Å². The lowest BCUT2D eigenvalue weighted by molar-refractivity contribution is -0.171. The Balaban J connectivity index is 5.59. The standard InChI is InChI=1S/C16H26O10/c1-5-23-14(21)25-10(3)16(13(19)20,9-7-8-12(17)18)11(4)26-15(22)24-6-2/h10-11H,5-9H2,1-4H3,(H,17,18)(H,19,20). The quantitative estimate of drug-likeness (QED) is 0.514. The van der Waals surface area contributed by atoms with Crippen LogP contribution in [-0.2, 0) is 28.5 Å². The molecular weight excluding hydrogens is 352 g/mol. The Morgan fingerprint density at radius 3 is 1.62 bits per heavy atom. The number of carbonyl (C=O) groups excluding carboxylic acids is 2. The van der Waals surface area contributed by atoms with Gasteiger partial charge in [0.2, 0.25) is 0 Å². The largest absolute Gasteiger partial charge is 0.508 e. The third-order valence-corrected chi connectivity index (χ3v) is 3.90. The zero-order valence-corrected chi connectivity index (χ0v) is 15.4. The Labute approximate surface area is 151 Å². The van der Waals surface area contributed by atoms with Crippen molar-refractivity contribution < 1.29 is 48.3 Å². The molecule has 0 bridgehead atoms. The van der Waals surface area contributed by atoms with Gasteiger partial charge in [0, 0.05) is 6.42 Å². The number of aliphatic carboxylic acids is 2. The first-order chi connectivity index (χ1) is 12.1. The van der Waals surface area contributed by atoms with Crippen LogP contribution in [0, 0.1) is 5.41 Å². The minimum atomic E-state index is -1.88. The van der Waals surface area contributed by atoms with E-state index in [0.29, 0.717) is 0 Å². The van der Waals surface area contributed by atoms with E-state index in [1.54, 1.807) is 13.8 Å². The zero-order chi connectivity index (χ0) is 20.3. The lowest BCUT2D eigenvalue weighted by atomic mass is 9.73. The molecule has 0 spiro atoms. The van der Waals surface area contributed by atoms with Crippen molar-refractivity contribution in [1.29, 1.82) is 0 Å². The van der Waals surface area contributed by atoms with Gasteiger partial charge in [0.25, 0.3) is 0 Å². The lowest BCUT2D eigenvalue weighted by Crippen LogP contribution is -2.52. The third kappa shape index (κ3) is 6.77. The Kier molecular flexibility index (Phi) is 10.1. The van der Waals surface area contributed by atoms with Crippen LogP contribution in [0.15, 0.2) is 0 Å². The molecule has 0 aliphatic carbocycles. The molecule has 0 aromatic rings. The van der Waals surface area contributed by atoms with Crippen molar-refractivity contribution in [3.63, 3.8) is 0 Å². The number of rotatable bonds is 11. The van der Waals surface area contributed by atoms with Crippen LogP contribution in [0.1, 0.15) is 47.0 Å². The highest BCUT2D eigenvalue weighted by Gasteiger charge is 2.52. The topological polar surface area (TPSA) is 146 Å². The summed E-state index contributed by atoms with van der Waals surface area (Å²) in [4.78, 5) is 46.0. The second-order valence-electron chi connectivity index (χ2n) is 5.48. The maximum Gasteiger partial charge on any atom is 0.508 e. The zero-order valence-electron chi connectivity index (χ0n) is 15.4. The van der Waals surface area contributed by atoms with Crippen LogP contribution in [0.4, 0.5) is 9.59 Å². The first-order valence-corrected chi connectivity index (χ1v) is 8.23. The van der Waals surface area contributed by atoms with Gasteiger partial charge in [-0.2, -0.15) is 0 Å². The van der Waals surface area contributed by atoms with Gasteiger partial charge in [0.05, 0.1) is 13.2 Å². The van der Waals surface area contributed by atoms with E-state index in [2.05, 4.69) is 9.47 Å². The Bertz CT molecular complexity index is 475. The summed E-state index contributed by atoms with van der Waals surface area (Å²) >= 11 is 0. The van der Waals surface area contributed by atoms with Crippen LogP contribution >= 0.6 is 0 Å². The first-order valence-electron chi connectivity index (χ1n) is 8.23. The summed E-state index contributed by atoms with van der Waals surface area (Å²) in [7, 11) is 0.